The number of hydrogen-bond donors (Lipinski definition) is 1. The van der Waals surface area contributed by atoms with Crippen LogP contribution in [-0.4, -0.2) is 16.2 Å². The smallest absolute Gasteiger partial charge is 0.119 e. The molecule has 0 fully saturated rings. The Bertz CT molecular complexity index is 781. The van der Waals surface area contributed by atoms with Crippen molar-refractivity contribution in [1.82, 2.24) is 9.55 Å². The van der Waals surface area contributed by atoms with Crippen molar-refractivity contribution in [3.05, 3.63) is 77.9 Å². The summed E-state index contributed by atoms with van der Waals surface area (Å²) in [7, 11) is 0. The molecule has 4 nitrogen and oxygen atoms in total. The Morgan fingerprint density at radius 3 is 2.83 bits per heavy atom. The van der Waals surface area contributed by atoms with E-state index in [4.69, 9.17) is 4.74 Å². The van der Waals surface area contributed by atoms with E-state index >= 15 is 0 Å². The van der Waals surface area contributed by atoms with Crippen LogP contribution in [0.5, 0.6) is 5.75 Å². The minimum absolute atomic E-state index is 0.629. The first-order valence-electron chi connectivity index (χ1n) is 8.20. The van der Waals surface area contributed by atoms with Gasteiger partial charge in [-0.3, -0.25) is 0 Å². The third-order valence-electron chi connectivity index (χ3n) is 4.16. The summed E-state index contributed by atoms with van der Waals surface area (Å²) >= 11 is 0. The number of rotatable bonds is 7. The van der Waals surface area contributed by atoms with Crippen LogP contribution in [0.2, 0.25) is 0 Å². The van der Waals surface area contributed by atoms with E-state index in [9.17, 15) is 0 Å². The number of nitrogens with one attached hydrogen (secondary N) is 1. The summed E-state index contributed by atoms with van der Waals surface area (Å²) in [4.78, 5) is 4.03. The predicted octanol–water partition coefficient (Wildman–Crippen LogP) is 4.19. The summed E-state index contributed by atoms with van der Waals surface area (Å²) < 4.78 is 7.84. The largest absolute Gasteiger partial charge is 0.492 e. The Kier molecular flexibility index (Phi) is 5.16. The quantitative estimate of drug-likeness (QED) is 0.709. The second-order valence-electron chi connectivity index (χ2n) is 5.90. The summed E-state index contributed by atoms with van der Waals surface area (Å²) in [6, 6.07) is 14.6. The molecule has 0 aliphatic heterocycles. The molecule has 0 saturated heterocycles. The molecule has 3 aromatic rings. The highest BCUT2D eigenvalue weighted by Crippen LogP contribution is 2.20. The Morgan fingerprint density at radius 1 is 1.12 bits per heavy atom. The summed E-state index contributed by atoms with van der Waals surface area (Å²) in [6.07, 6.45) is 5.52. The second-order valence-corrected chi connectivity index (χ2v) is 5.90. The van der Waals surface area contributed by atoms with Gasteiger partial charge in [0.25, 0.3) is 0 Å². The molecule has 0 aliphatic rings. The predicted molar refractivity (Wildman–Crippen MR) is 97.4 cm³/mol. The maximum atomic E-state index is 5.84. The van der Waals surface area contributed by atoms with Crippen LogP contribution in [0.3, 0.4) is 0 Å². The van der Waals surface area contributed by atoms with Gasteiger partial charge in [0.05, 0.1) is 12.9 Å². The Balaban J connectivity index is 1.55. The molecule has 0 amide bonds. The van der Waals surface area contributed by atoms with Gasteiger partial charge in [-0.05, 0) is 48.7 Å². The summed E-state index contributed by atoms with van der Waals surface area (Å²) in [5.41, 5.74) is 4.99. The highest BCUT2D eigenvalue weighted by Gasteiger charge is 2.02. The van der Waals surface area contributed by atoms with Crippen molar-refractivity contribution in [2.75, 3.05) is 11.9 Å². The number of imidazole rings is 1. The van der Waals surface area contributed by atoms with Crippen molar-refractivity contribution in [2.24, 2.45) is 0 Å². The van der Waals surface area contributed by atoms with Crippen molar-refractivity contribution in [3.63, 3.8) is 0 Å². The average Bonchev–Trinajstić information content (AvgIpc) is 3.10. The molecule has 1 heterocycles. The Hall–Kier alpha value is -2.75. The van der Waals surface area contributed by atoms with Crippen molar-refractivity contribution in [3.8, 4) is 5.75 Å². The zero-order chi connectivity index (χ0) is 16.8. The maximum Gasteiger partial charge on any atom is 0.119 e. The van der Waals surface area contributed by atoms with Crippen LogP contribution in [0.4, 0.5) is 5.69 Å². The number of benzene rings is 2. The molecule has 0 bridgehead atoms. The van der Waals surface area contributed by atoms with Crippen molar-refractivity contribution < 1.29 is 4.74 Å². The van der Waals surface area contributed by atoms with Gasteiger partial charge < -0.3 is 14.6 Å². The standard InChI is InChI=1S/C20H23N3O/c1-16-5-3-8-20(17(16)2)22-14-18-6-4-7-19(13-18)24-12-11-23-10-9-21-15-23/h3-10,13,15,22H,11-12,14H2,1-2H3. The third kappa shape index (κ3) is 4.16. The Labute approximate surface area is 143 Å². The van der Waals surface area contributed by atoms with Crippen molar-refractivity contribution in [2.45, 2.75) is 26.9 Å². The molecule has 1 aromatic heterocycles. The fourth-order valence-electron chi connectivity index (χ4n) is 2.57. The first-order valence-corrected chi connectivity index (χ1v) is 8.20. The van der Waals surface area contributed by atoms with Crippen LogP contribution in [0.25, 0.3) is 0 Å². The van der Waals surface area contributed by atoms with E-state index < -0.39 is 0 Å². The van der Waals surface area contributed by atoms with E-state index in [1.807, 2.05) is 22.9 Å². The van der Waals surface area contributed by atoms with Crippen molar-refractivity contribution >= 4 is 5.69 Å². The van der Waals surface area contributed by atoms with Crippen LogP contribution in [0.15, 0.2) is 61.2 Å². The molecule has 0 saturated carbocycles. The van der Waals surface area contributed by atoms with E-state index in [1.165, 1.54) is 22.4 Å². The van der Waals surface area contributed by atoms with Gasteiger partial charge in [-0.25, -0.2) is 4.98 Å². The average molecular weight is 321 g/mol. The number of ether oxygens (including phenoxy) is 1. The van der Waals surface area contributed by atoms with Gasteiger partial charge in [-0.15, -0.1) is 0 Å². The molecule has 2 aromatic carbocycles. The minimum Gasteiger partial charge on any atom is -0.492 e. The molecule has 0 unspecified atom stereocenters. The van der Waals surface area contributed by atoms with Crippen LogP contribution < -0.4 is 10.1 Å². The minimum atomic E-state index is 0.629. The lowest BCUT2D eigenvalue weighted by atomic mass is 10.1. The molecule has 3 rings (SSSR count). The highest BCUT2D eigenvalue weighted by atomic mass is 16.5. The van der Waals surface area contributed by atoms with Gasteiger partial charge in [0.15, 0.2) is 0 Å². The summed E-state index contributed by atoms with van der Waals surface area (Å²) in [6.45, 7) is 6.49. The van der Waals surface area contributed by atoms with E-state index in [2.05, 4.69) is 54.5 Å². The van der Waals surface area contributed by atoms with Gasteiger partial charge in [0.2, 0.25) is 0 Å². The van der Waals surface area contributed by atoms with E-state index in [0.29, 0.717) is 6.61 Å². The van der Waals surface area contributed by atoms with Gasteiger partial charge in [-0.1, -0.05) is 24.3 Å². The lowest BCUT2D eigenvalue weighted by Crippen LogP contribution is -2.07. The zero-order valence-corrected chi connectivity index (χ0v) is 14.2. The third-order valence-corrected chi connectivity index (χ3v) is 4.16. The molecule has 0 spiro atoms. The summed E-state index contributed by atoms with van der Waals surface area (Å²) in [5, 5.41) is 3.51. The van der Waals surface area contributed by atoms with Crippen LogP contribution in [-0.2, 0) is 13.1 Å². The van der Waals surface area contributed by atoms with Crippen LogP contribution >= 0.6 is 0 Å². The number of nitrogens with zero attached hydrogens (tertiary/aromatic N) is 2. The van der Waals surface area contributed by atoms with Crippen LogP contribution in [0.1, 0.15) is 16.7 Å². The zero-order valence-electron chi connectivity index (χ0n) is 14.2. The van der Waals surface area contributed by atoms with Gasteiger partial charge in [0, 0.05) is 24.6 Å². The first-order chi connectivity index (χ1) is 11.7. The molecule has 124 valence electrons. The molecular weight excluding hydrogens is 298 g/mol. The molecular formula is C20H23N3O. The Morgan fingerprint density at radius 2 is 2.00 bits per heavy atom. The number of aromatic nitrogens is 2. The highest BCUT2D eigenvalue weighted by molar-refractivity contribution is 5.54. The number of hydrogen-bond acceptors (Lipinski definition) is 3. The molecule has 4 heteroatoms. The molecule has 0 aliphatic carbocycles. The molecule has 1 N–H and O–H groups in total. The molecule has 24 heavy (non-hydrogen) atoms. The van der Waals surface area contributed by atoms with Gasteiger partial charge in [-0.2, -0.15) is 0 Å². The first kappa shape index (κ1) is 16.1. The van der Waals surface area contributed by atoms with E-state index in [0.717, 1.165) is 18.8 Å². The lowest BCUT2D eigenvalue weighted by Gasteiger charge is -2.12. The van der Waals surface area contributed by atoms with E-state index in [1.54, 1.807) is 12.5 Å². The monoisotopic (exact) mass is 321 g/mol. The van der Waals surface area contributed by atoms with Crippen LogP contribution in [0, 0.1) is 13.8 Å². The normalized spacial score (nSPS) is 10.6. The maximum absolute atomic E-state index is 5.84. The fraction of sp³-hybridized carbons (Fsp3) is 0.250. The number of anilines is 1. The van der Waals surface area contributed by atoms with Crippen molar-refractivity contribution in [1.29, 1.82) is 0 Å². The topological polar surface area (TPSA) is 39.1 Å². The fourth-order valence-corrected chi connectivity index (χ4v) is 2.57. The van der Waals surface area contributed by atoms with E-state index in [-0.39, 0.29) is 0 Å². The SMILES string of the molecule is Cc1cccc(NCc2cccc(OCCn3ccnc3)c2)c1C. The van der Waals surface area contributed by atoms with Gasteiger partial charge in [0.1, 0.15) is 12.4 Å². The summed E-state index contributed by atoms with van der Waals surface area (Å²) in [5.74, 6) is 0.898. The number of aryl methyl sites for hydroxylation is 1. The molecule has 0 radical (unpaired) electrons. The second kappa shape index (κ2) is 7.68. The molecule has 0 atom stereocenters. The van der Waals surface area contributed by atoms with Gasteiger partial charge >= 0.3 is 0 Å². The lowest BCUT2D eigenvalue weighted by molar-refractivity contribution is 0.298.